The van der Waals surface area contributed by atoms with E-state index in [4.69, 9.17) is 4.74 Å². The Labute approximate surface area is 198 Å². The summed E-state index contributed by atoms with van der Waals surface area (Å²) in [6.45, 7) is 2.35. The minimum Gasteiger partial charge on any atom is -0.493 e. The second-order valence-electron chi connectivity index (χ2n) is 8.28. The summed E-state index contributed by atoms with van der Waals surface area (Å²) < 4.78 is 49.9. The van der Waals surface area contributed by atoms with E-state index in [1.54, 1.807) is 42.4 Å². The molecule has 11 heteroatoms. The Hall–Kier alpha value is -3.99. The summed E-state index contributed by atoms with van der Waals surface area (Å²) in [5.74, 6) is -2.79. The predicted octanol–water partition coefficient (Wildman–Crippen LogP) is 3.79. The van der Waals surface area contributed by atoms with Gasteiger partial charge in [-0.15, -0.1) is 0 Å². The molecule has 1 N–H and O–H groups in total. The molecule has 180 valence electrons. The SMILES string of the molecule is COc1cc(C=Cc2nc3n(n2)CCCC3(O)c2cc(F)c(F)c(F)c2)cnc1-n1cnc(C)c1. The number of rotatable bonds is 5. The second-order valence-corrected chi connectivity index (χ2v) is 8.28. The van der Waals surface area contributed by atoms with Crippen LogP contribution in [0.5, 0.6) is 5.75 Å². The summed E-state index contributed by atoms with van der Waals surface area (Å²) in [6.07, 6.45) is 9.16. The molecule has 1 atom stereocenters. The number of ether oxygens (including phenoxy) is 1. The fraction of sp³-hybridized carbons (Fsp3) is 0.250. The fourth-order valence-corrected chi connectivity index (χ4v) is 4.15. The molecule has 0 amide bonds. The number of fused-ring (bicyclic) bond motifs is 1. The molecule has 1 aromatic carbocycles. The van der Waals surface area contributed by atoms with E-state index < -0.39 is 23.1 Å². The average Bonchev–Trinajstić information content (AvgIpc) is 3.47. The van der Waals surface area contributed by atoms with Gasteiger partial charge in [-0.2, -0.15) is 5.10 Å². The van der Waals surface area contributed by atoms with E-state index >= 15 is 0 Å². The standard InChI is InChI=1S/C24H21F3N6O2/c1-14-12-32(13-29-14)22-19(35-2)8-15(11-28-22)4-5-20-30-23-24(34,6-3-7-33(23)31-20)16-9-17(25)21(27)18(26)10-16/h4-5,8-13,34H,3,6-7H2,1-2H3. The van der Waals surface area contributed by atoms with Crippen molar-refractivity contribution in [2.75, 3.05) is 7.11 Å². The molecule has 0 fully saturated rings. The molecule has 0 radical (unpaired) electrons. The third-order valence-electron chi connectivity index (χ3n) is 5.88. The average molecular weight is 482 g/mol. The molecule has 0 bridgehead atoms. The third kappa shape index (κ3) is 4.08. The Morgan fingerprint density at radius 2 is 1.89 bits per heavy atom. The maximum atomic E-state index is 13.9. The van der Waals surface area contributed by atoms with Crippen molar-refractivity contribution in [2.45, 2.75) is 31.9 Å². The zero-order valence-electron chi connectivity index (χ0n) is 18.9. The van der Waals surface area contributed by atoms with Gasteiger partial charge in [0.1, 0.15) is 11.9 Å². The van der Waals surface area contributed by atoms with Crippen molar-refractivity contribution >= 4 is 12.2 Å². The van der Waals surface area contributed by atoms with E-state index in [0.717, 1.165) is 17.8 Å². The maximum absolute atomic E-state index is 13.9. The van der Waals surface area contributed by atoms with Gasteiger partial charge in [-0.25, -0.2) is 32.8 Å². The zero-order chi connectivity index (χ0) is 24.7. The number of pyridine rings is 1. The van der Waals surface area contributed by atoms with Crippen molar-refractivity contribution < 1.29 is 23.0 Å². The van der Waals surface area contributed by atoms with Crippen LogP contribution in [0, 0.1) is 24.4 Å². The van der Waals surface area contributed by atoms with Crippen LogP contribution in [0.15, 0.2) is 36.9 Å². The van der Waals surface area contributed by atoms with E-state index in [9.17, 15) is 18.3 Å². The Morgan fingerprint density at radius 1 is 1.11 bits per heavy atom. The number of methoxy groups -OCH3 is 1. The predicted molar refractivity (Wildman–Crippen MR) is 120 cm³/mol. The smallest absolute Gasteiger partial charge is 0.194 e. The molecule has 0 saturated carbocycles. The lowest BCUT2D eigenvalue weighted by molar-refractivity contribution is 0.0387. The number of hydrogen-bond donors (Lipinski definition) is 1. The molecule has 4 aromatic rings. The number of hydrogen-bond acceptors (Lipinski definition) is 6. The highest BCUT2D eigenvalue weighted by atomic mass is 19.2. The fourth-order valence-electron chi connectivity index (χ4n) is 4.15. The first-order chi connectivity index (χ1) is 16.8. The molecular formula is C24H21F3N6O2. The largest absolute Gasteiger partial charge is 0.493 e. The number of imidazole rings is 1. The van der Waals surface area contributed by atoms with Crippen molar-refractivity contribution in [3.05, 3.63) is 82.8 Å². The molecule has 0 saturated heterocycles. The van der Waals surface area contributed by atoms with E-state index in [1.807, 2.05) is 13.1 Å². The van der Waals surface area contributed by atoms with Crippen molar-refractivity contribution in [3.63, 3.8) is 0 Å². The first-order valence-corrected chi connectivity index (χ1v) is 10.8. The number of nitrogens with zero attached hydrogens (tertiary/aromatic N) is 6. The van der Waals surface area contributed by atoms with Gasteiger partial charge in [0, 0.05) is 18.9 Å². The molecule has 0 spiro atoms. The van der Waals surface area contributed by atoms with Gasteiger partial charge in [0.15, 0.2) is 40.7 Å². The number of halogens is 3. The summed E-state index contributed by atoms with van der Waals surface area (Å²) in [5, 5.41) is 15.7. The van der Waals surface area contributed by atoms with Crippen LogP contribution < -0.4 is 4.74 Å². The number of benzene rings is 1. The van der Waals surface area contributed by atoms with Crippen LogP contribution in [0.1, 0.15) is 41.3 Å². The molecule has 0 aliphatic carbocycles. The Morgan fingerprint density at radius 3 is 2.57 bits per heavy atom. The molecule has 5 rings (SSSR count). The van der Waals surface area contributed by atoms with Crippen molar-refractivity contribution in [2.24, 2.45) is 0 Å². The van der Waals surface area contributed by atoms with Crippen LogP contribution >= 0.6 is 0 Å². The molecule has 1 aliphatic rings. The van der Waals surface area contributed by atoms with Crippen molar-refractivity contribution in [3.8, 4) is 11.6 Å². The molecule has 8 nitrogen and oxygen atoms in total. The van der Waals surface area contributed by atoms with Crippen LogP contribution in [0.2, 0.25) is 0 Å². The van der Waals surface area contributed by atoms with Crippen LogP contribution in [-0.4, -0.2) is 41.5 Å². The van der Waals surface area contributed by atoms with Crippen LogP contribution in [0.4, 0.5) is 13.2 Å². The topological polar surface area (TPSA) is 90.9 Å². The monoisotopic (exact) mass is 482 g/mol. The highest BCUT2D eigenvalue weighted by Gasteiger charge is 2.40. The minimum absolute atomic E-state index is 0.114. The van der Waals surface area contributed by atoms with Gasteiger partial charge >= 0.3 is 0 Å². The Kier molecular flexibility index (Phi) is 5.64. The van der Waals surface area contributed by atoms with Gasteiger partial charge in [-0.05, 0) is 61.2 Å². The third-order valence-corrected chi connectivity index (χ3v) is 5.88. The summed E-state index contributed by atoms with van der Waals surface area (Å²) >= 11 is 0. The van der Waals surface area contributed by atoms with Gasteiger partial charge in [-0.1, -0.05) is 0 Å². The molecule has 4 heterocycles. The summed E-state index contributed by atoms with van der Waals surface area (Å²) in [4.78, 5) is 13.1. The molecule has 35 heavy (non-hydrogen) atoms. The molecule has 1 unspecified atom stereocenters. The number of aryl methyl sites for hydroxylation is 2. The van der Waals surface area contributed by atoms with Crippen molar-refractivity contribution in [1.29, 1.82) is 0 Å². The maximum Gasteiger partial charge on any atom is 0.194 e. The lowest BCUT2D eigenvalue weighted by Gasteiger charge is -2.31. The molecule has 1 aliphatic heterocycles. The van der Waals surface area contributed by atoms with E-state index in [0.29, 0.717) is 30.1 Å². The first kappa shape index (κ1) is 22.8. The van der Waals surface area contributed by atoms with E-state index in [-0.39, 0.29) is 23.6 Å². The van der Waals surface area contributed by atoms with E-state index in [1.165, 1.54) is 4.68 Å². The summed E-state index contributed by atoms with van der Waals surface area (Å²) in [5.41, 5.74) is -0.355. The second kappa shape index (κ2) is 8.66. The van der Waals surface area contributed by atoms with Crippen LogP contribution in [-0.2, 0) is 12.1 Å². The van der Waals surface area contributed by atoms with Gasteiger partial charge in [0.05, 0.1) is 12.8 Å². The van der Waals surface area contributed by atoms with Gasteiger partial charge < -0.3 is 9.84 Å². The zero-order valence-corrected chi connectivity index (χ0v) is 18.9. The number of aliphatic hydroxyl groups is 1. The summed E-state index contributed by atoms with van der Waals surface area (Å²) in [6, 6.07) is 3.38. The Bertz CT molecular complexity index is 1420. The lowest BCUT2D eigenvalue weighted by atomic mass is 9.86. The van der Waals surface area contributed by atoms with Crippen LogP contribution in [0.3, 0.4) is 0 Å². The number of aromatic nitrogens is 6. The minimum atomic E-state index is -1.80. The molecular weight excluding hydrogens is 461 g/mol. The molecule has 3 aromatic heterocycles. The van der Waals surface area contributed by atoms with Gasteiger partial charge in [0.2, 0.25) is 0 Å². The van der Waals surface area contributed by atoms with Crippen LogP contribution in [0.25, 0.3) is 18.0 Å². The van der Waals surface area contributed by atoms with Gasteiger partial charge in [-0.3, -0.25) is 4.57 Å². The quantitative estimate of drug-likeness (QED) is 0.436. The van der Waals surface area contributed by atoms with E-state index in [2.05, 4.69) is 20.1 Å². The Balaban J connectivity index is 1.45. The first-order valence-electron chi connectivity index (χ1n) is 10.8. The van der Waals surface area contributed by atoms with Gasteiger partial charge in [0.25, 0.3) is 0 Å². The normalized spacial score (nSPS) is 17.7. The summed E-state index contributed by atoms with van der Waals surface area (Å²) in [7, 11) is 1.55. The van der Waals surface area contributed by atoms with Crippen molar-refractivity contribution in [1.82, 2.24) is 29.3 Å². The highest BCUT2D eigenvalue weighted by Crippen LogP contribution is 2.37. The lowest BCUT2D eigenvalue weighted by Crippen LogP contribution is -2.36. The highest BCUT2D eigenvalue weighted by molar-refractivity contribution is 5.67.